The summed E-state index contributed by atoms with van der Waals surface area (Å²) in [6.07, 6.45) is 2.28. The third kappa shape index (κ3) is 1.85. The Bertz CT molecular complexity index is 727. The molecule has 0 amide bonds. The minimum absolute atomic E-state index is 0.160. The number of para-hydroxylation sites is 1. The zero-order valence-corrected chi connectivity index (χ0v) is 12.1. The molecule has 4 rings (SSSR count). The summed E-state index contributed by atoms with van der Waals surface area (Å²) in [4.78, 5) is 2.64. The van der Waals surface area contributed by atoms with Crippen LogP contribution in [0, 0.1) is 6.92 Å². The number of aryl methyl sites for hydroxylation is 1. The highest BCUT2D eigenvalue weighted by Crippen LogP contribution is 2.55. The van der Waals surface area contributed by atoms with E-state index >= 15 is 0 Å². The van der Waals surface area contributed by atoms with E-state index in [2.05, 4.69) is 49.4 Å². The second kappa shape index (κ2) is 4.29. The van der Waals surface area contributed by atoms with Crippen molar-refractivity contribution < 1.29 is 4.18 Å². The van der Waals surface area contributed by atoms with Crippen molar-refractivity contribution in [3.05, 3.63) is 71.3 Å². The molecule has 94 valence electrons. The van der Waals surface area contributed by atoms with Crippen LogP contribution in [0.4, 0.5) is 0 Å². The highest BCUT2D eigenvalue weighted by molar-refractivity contribution is 8.86. The molecule has 2 aromatic rings. The highest BCUT2D eigenvalue weighted by Gasteiger charge is 2.28. The van der Waals surface area contributed by atoms with E-state index in [1.165, 1.54) is 26.5 Å². The van der Waals surface area contributed by atoms with E-state index < -0.39 is 0 Å². The summed E-state index contributed by atoms with van der Waals surface area (Å²) in [6.45, 7) is 2.12. The largest absolute Gasteiger partial charge is 0.422 e. The van der Waals surface area contributed by atoms with E-state index in [0.717, 1.165) is 5.75 Å². The van der Waals surface area contributed by atoms with Gasteiger partial charge in [-0.3, -0.25) is 0 Å². The van der Waals surface area contributed by atoms with Crippen LogP contribution in [-0.4, -0.2) is 4.86 Å². The zero-order chi connectivity index (χ0) is 12.8. The van der Waals surface area contributed by atoms with Gasteiger partial charge < -0.3 is 4.18 Å². The summed E-state index contributed by atoms with van der Waals surface area (Å²) in [6, 6.07) is 17.0. The maximum absolute atomic E-state index is 6.01. The van der Waals surface area contributed by atoms with E-state index in [1.54, 1.807) is 0 Å². The first-order valence-electron chi connectivity index (χ1n) is 6.17. The molecule has 0 fully saturated rings. The molecular weight excluding hydrogens is 272 g/mol. The third-order valence-corrected chi connectivity index (χ3v) is 6.71. The molecule has 1 atom stereocenters. The molecule has 2 heterocycles. The van der Waals surface area contributed by atoms with Gasteiger partial charge in [-0.1, -0.05) is 42.0 Å². The first-order valence-corrected chi connectivity index (χ1v) is 8.65. The predicted molar refractivity (Wildman–Crippen MR) is 85.5 cm³/mol. The molecule has 0 spiro atoms. The van der Waals surface area contributed by atoms with Crippen LogP contribution in [0.2, 0.25) is 0 Å². The second-order valence-electron chi connectivity index (χ2n) is 4.64. The number of rotatable bonds is 1. The molecule has 2 aromatic carbocycles. The SMILES string of the molecule is Cc1ccc(C2=CC3=S(Oc4ccccc43)S2)cc1. The van der Waals surface area contributed by atoms with Crippen LogP contribution in [0.25, 0.3) is 4.91 Å². The average molecular weight is 284 g/mol. The van der Waals surface area contributed by atoms with Gasteiger partial charge in [-0.05, 0) is 41.5 Å². The molecular formula is C16H12OS2. The van der Waals surface area contributed by atoms with Gasteiger partial charge in [0.25, 0.3) is 0 Å². The lowest BCUT2D eigenvalue weighted by Crippen LogP contribution is -1.89. The molecule has 1 unspecified atom stereocenters. The van der Waals surface area contributed by atoms with E-state index in [-0.39, 0.29) is 9.80 Å². The predicted octanol–water partition coefficient (Wildman–Crippen LogP) is 4.79. The van der Waals surface area contributed by atoms with Gasteiger partial charge in [0.15, 0.2) is 0 Å². The van der Waals surface area contributed by atoms with Crippen LogP contribution in [0.5, 0.6) is 5.75 Å². The molecule has 0 N–H and O–H groups in total. The van der Waals surface area contributed by atoms with Crippen molar-refractivity contribution >= 4 is 30.4 Å². The summed E-state index contributed by atoms with van der Waals surface area (Å²) >= 11 is 0. The van der Waals surface area contributed by atoms with Crippen molar-refractivity contribution in [2.75, 3.05) is 0 Å². The van der Waals surface area contributed by atoms with Gasteiger partial charge in [0.2, 0.25) is 0 Å². The van der Waals surface area contributed by atoms with Gasteiger partial charge >= 0.3 is 0 Å². The summed E-state index contributed by atoms with van der Waals surface area (Å²) < 4.78 is 6.01. The maximum atomic E-state index is 6.01. The molecule has 0 saturated carbocycles. The second-order valence-corrected chi connectivity index (χ2v) is 7.73. The van der Waals surface area contributed by atoms with Gasteiger partial charge in [0.05, 0.1) is 14.7 Å². The van der Waals surface area contributed by atoms with E-state index in [1.807, 2.05) is 22.9 Å². The van der Waals surface area contributed by atoms with Crippen molar-refractivity contribution in [3.63, 3.8) is 0 Å². The summed E-state index contributed by atoms with van der Waals surface area (Å²) in [5, 5.41) is 0. The van der Waals surface area contributed by atoms with Crippen molar-refractivity contribution in [1.82, 2.24) is 0 Å². The Morgan fingerprint density at radius 1 is 1.00 bits per heavy atom. The molecule has 19 heavy (non-hydrogen) atoms. The number of allylic oxidation sites excluding steroid dienone is 1. The number of benzene rings is 2. The fourth-order valence-electron chi connectivity index (χ4n) is 2.22. The van der Waals surface area contributed by atoms with E-state index in [0.29, 0.717) is 0 Å². The smallest absolute Gasteiger partial charge is 0.146 e. The minimum atomic E-state index is -0.160. The Morgan fingerprint density at radius 3 is 2.63 bits per heavy atom. The van der Waals surface area contributed by atoms with Gasteiger partial charge in [-0.15, -0.1) is 0 Å². The number of hydrogen-bond donors (Lipinski definition) is 0. The van der Waals surface area contributed by atoms with E-state index in [9.17, 15) is 0 Å². The topological polar surface area (TPSA) is 9.23 Å². The van der Waals surface area contributed by atoms with Gasteiger partial charge in [-0.2, -0.15) is 0 Å². The highest BCUT2D eigenvalue weighted by atomic mass is 33.1. The van der Waals surface area contributed by atoms with E-state index in [4.69, 9.17) is 4.18 Å². The van der Waals surface area contributed by atoms with Crippen LogP contribution in [0.1, 0.15) is 16.7 Å². The molecule has 0 saturated heterocycles. The zero-order valence-electron chi connectivity index (χ0n) is 10.4. The molecule has 0 bridgehead atoms. The molecule has 0 aromatic heterocycles. The Kier molecular flexibility index (Phi) is 2.57. The van der Waals surface area contributed by atoms with Crippen LogP contribution >= 0.6 is 20.6 Å². The van der Waals surface area contributed by atoms with Crippen molar-refractivity contribution in [1.29, 1.82) is 0 Å². The summed E-state index contributed by atoms with van der Waals surface area (Å²) in [5.41, 5.74) is 3.83. The first-order chi connectivity index (χ1) is 9.31. The van der Waals surface area contributed by atoms with Gasteiger partial charge in [0, 0.05) is 10.5 Å². The Labute approximate surface area is 118 Å². The normalized spacial score (nSPS) is 19.7. The fourth-order valence-corrected chi connectivity index (χ4v) is 5.87. The van der Waals surface area contributed by atoms with Crippen LogP contribution in [0.3, 0.4) is 0 Å². The standard InChI is InChI=1S/C16H12OS2/c1-11-6-8-12(9-7-11)15-10-16-13-4-2-3-5-14(13)17-19(16)18-15/h2-10H,1H3. The lowest BCUT2D eigenvalue weighted by molar-refractivity contribution is 0.658. The molecule has 2 aliphatic heterocycles. The van der Waals surface area contributed by atoms with Crippen molar-refractivity contribution in [2.24, 2.45) is 0 Å². The molecule has 2 aliphatic rings. The Morgan fingerprint density at radius 2 is 1.79 bits per heavy atom. The minimum Gasteiger partial charge on any atom is -0.422 e. The Hall–Kier alpha value is -1.45. The summed E-state index contributed by atoms with van der Waals surface area (Å²) in [7, 11) is 1.67. The number of hydrogen-bond acceptors (Lipinski definition) is 2. The lowest BCUT2D eigenvalue weighted by atomic mass is 10.1. The van der Waals surface area contributed by atoms with Crippen molar-refractivity contribution in [3.8, 4) is 5.75 Å². The molecule has 0 aliphatic carbocycles. The van der Waals surface area contributed by atoms with Crippen LogP contribution < -0.4 is 4.18 Å². The van der Waals surface area contributed by atoms with Crippen molar-refractivity contribution in [2.45, 2.75) is 6.92 Å². The molecule has 1 nitrogen and oxygen atoms in total. The van der Waals surface area contributed by atoms with Gasteiger partial charge in [0.1, 0.15) is 5.75 Å². The fraction of sp³-hybridized carbons (Fsp3) is 0.0625. The molecule has 0 radical (unpaired) electrons. The number of fused-ring (bicyclic) bond motifs is 2. The Balaban J connectivity index is 1.73. The van der Waals surface area contributed by atoms with Gasteiger partial charge in [-0.25, -0.2) is 0 Å². The third-order valence-electron chi connectivity index (χ3n) is 3.26. The maximum Gasteiger partial charge on any atom is 0.146 e. The summed E-state index contributed by atoms with van der Waals surface area (Å²) in [5.74, 6) is 1.02. The average Bonchev–Trinajstić information content (AvgIpc) is 2.97. The monoisotopic (exact) mass is 284 g/mol. The quantitative estimate of drug-likeness (QED) is 0.550. The lowest BCUT2D eigenvalue weighted by Gasteiger charge is -2.06. The molecule has 3 heteroatoms. The van der Waals surface area contributed by atoms with Crippen LogP contribution in [0.15, 0.2) is 54.6 Å². The van der Waals surface area contributed by atoms with Crippen LogP contribution in [-0.2, 0) is 0 Å². The first kappa shape index (κ1) is 11.4.